The number of piperazine rings is 1. The maximum Gasteiger partial charge on any atom is 0.407 e. The zero-order chi connectivity index (χ0) is 46.0. The number of aromatic nitrogens is 2. The van der Waals surface area contributed by atoms with Gasteiger partial charge in [-0.2, -0.15) is 4.39 Å². The van der Waals surface area contributed by atoms with Crippen LogP contribution < -0.4 is 15.4 Å². The lowest BCUT2D eigenvalue weighted by atomic mass is 10.0. The first-order valence-corrected chi connectivity index (χ1v) is 21.5. The van der Waals surface area contributed by atoms with Crippen molar-refractivity contribution in [2.45, 2.75) is 59.2 Å². The number of carbonyl (C=O) groups is 5. The molecule has 6 rings (SSSR count). The molecule has 63 heavy (non-hydrogen) atoms. The average Bonchev–Trinajstić information content (AvgIpc) is 3.87. The van der Waals surface area contributed by atoms with Gasteiger partial charge < -0.3 is 48.6 Å². The summed E-state index contributed by atoms with van der Waals surface area (Å²) in [5.41, 5.74) is -0.641. The van der Waals surface area contributed by atoms with E-state index in [1.165, 1.54) is 55.3 Å². The lowest BCUT2D eigenvalue weighted by molar-refractivity contribution is -0.912. The monoisotopic (exact) mass is 899 g/mol. The topological polar surface area (TPSA) is 165 Å². The van der Waals surface area contributed by atoms with Crippen LogP contribution in [0.4, 0.5) is 24.1 Å². The van der Waals surface area contributed by atoms with E-state index in [-0.39, 0.29) is 75.4 Å². The van der Waals surface area contributed by atoms with Gasteiger partial charge in [0.2, 0.25) is 5.82 Å². The van der Waals surface area contributed by atoms with Crippen molar-refractivity contribution in [2.75, 3.05) is 84.4 Å². The number of methoxy groups -OCH3 is 1. The van der Waals surface area contributed by atoms with Crippen LogP contribution in [0.1, 0.15) is 68.9 Å². The van der Waals surface area contributed by atoms with Crippen LogP contribution in [0.5, 0.6) is 5.75 Å². The highest BCUT2D eigenvalue weighted by Gasteiger charge is 2.52. The van der Waals surface area contributed by atoms with Gasteiger partial charge in [-0.05, 0) is 71.9 Å². The van der Waals surface area contributed by atoms with Crippen LogP contribution in [0, 0.1) is 23.5 Å². The van der Waals surface area contributed by atoms with Crippen LogP contribution in [0.15, 0.2) is 36.5 Å². The molecule has 3 aromatic rings. The number of halogens is 3. The van der Waals surface area contributed by atoms with Crippen LogP contribution >= 0.6 is 11.6 Å². The van der Waals surface area contributed by atoms with Crippen molar-refractivity contribution in [1.82, 2.24) is 29.6 Å². The molecular formula is C44H58ClF2N8O8+. The van der Waals surface area contributed by atoms with E-state index in [0.717, 1.165) is 0 Å². The number of quaternary nitrogens is 1. The Morgan fingerprint density at radius 2 is 1.51 bits per heavy atom. The number of esters is 1. The number of alkyl carbamates (subject to hydrolysis) is 1. The third kappa shape index (κ3) is 11.2. The molecule has 2 aromatic carbocycles. The molecule has 342 valence electrons. The zero-order valence-corrected chi connectivity index (χ0v) is 37.9. The predicted octanol–water partition coefficient (Wildman–Crippen LogP) is 5.79. The number of likely N-dealkylation sites (tertiary alicyclic amines) is 2. The smallest absolute Gasteiger partial charge is 0.407 e. The van der Waals surface area contributed by atoms with Crippen LogP contribution in [0.3, 0.4) is 0 Å². The van der Waals surface area contributed by atoms with Gasteiger partial charge in [-0.1, -0.05) is 11.6 Å². The van der Waals surface area contributed by atoms with Gasteiger partial charge in [-0.25, -0.2) is 23.8 Å². The second-order valence-electron chi connectivity index (χ2n) is 18.6. The molecule has 3 saturated heterocycles. The minimum atomic E-state index is -1.16. The Bertz CT molecular complexity index is 2220. The number of nitrogens with zero attached hydrogens (tertiary/aromatic N) is 6. The number of nitrogens with one attached hydrogen (secondary N) is 2. The molecule has 1 unspecified atom stereocenters. The van der Waals surface area contributed by atoms with Crippen molar-refractivity contribution in [3.05, 3.63) is 64.6 Å². The molecule has 2 N–H and O–H groups in total. The number of fused-ring (bicyclic) bond motifs is 1. The van der Waals surface area contributed by atoms with Gasteiger partial charge in [-0.15, -0.1) is 0 Å². The summed E-state index contributed by atoms with van der Waals surface area (Å²) in [5, 5.41) is 5.61. The largest absolute Gasteiger partial charge is 0.494 e. The van der Waals surface area contributed by atoms with Gasteiger partial charge in [0.25, 0.3) is 11.8 Å². The standard InChI is InChI=1S/C44H57ClF2N8O8/c1-43(2,3)62-35(56)26-55(19-9-14-48-41(59)63-44(4,5)6)24-27-22-54(23-28(27)25-55)42(60)53-17-15-52(16-18-53)40(58)30-11-10-29(20-32(30)45)50-39(57)38-49-21-33(51(38)7)31-12-13-34(61-8)37(47)36(31)46/h10-13,20-21,27-28H,9,14-19,22-26H2,1-8H3,(H-,48,50,57,58,59)/p+1/t27-,28+,55?. The van der Waals surface area contributed by atoms with Crippen LogP contribution in [-0.2, 0) is 21.3 Å². The van der Waals surface area contributed by atoms with Gasteiger partial charge in [-0.3, -0.25) is 9.59 Å². The van der Waals surface area contributed by atoms with E-state index in [2.05, 4.69) is 15.6 Å². The van der Waals surface area contributed by atoms with Crippen LogP contribution in [0.2, 0.25) is 5.02 Å². The number of imidazole rings is 1. The highest BCUT2D eigenvalue weighted by molar-refractivity contribution is 6.34. The van der Waals surface area contributed by atoms with Crippen LogP contribution in [-0.4, -0.2) is 149 Å². The van der Waals surface area contributed by atoms with E-state index in [1.54, 1.807) is 9.80 Å². The first-order chi connectivity index (χ1) is 29.6. The fraction of sp³-hybridized carbons (Fsp3) is 0.545. The molecule has 3 aliphatic rings. The van der Waals surface area contributed by atoms with E-state index < -0.39 is 34.8 Å². The molecule has 0 aliphatic carbocycles. The quantitative estimate of drug-likeness (QED) is 0.138. The van der Waals surface area contributed by atoms with E-state index in [4.69, 9.17) is 25.8 Å². The predicted molar refractivity (Wildman–Crippen MR) is 230 cm³/mol. The van der Waals surface area contributed by atoms with E-state index in [0.29, 0.717) is 76.4 Å². The van der Waals surface area contributed by atoms with Gasteiger partial charge >= 0.3 is 18.1 Å². The Balaban J connectivity index is 1.00. The fourth-order valence-electron chi connectivity index (χ4n) is 8.72. The summed E-state index contributed by atoms with van der Waals surface area (Å²) in [4.78, 5) is 75.3. The van der Waals surface area contributed by atoms with Crippen LogP contribution in [0.25, 0.3) is 11.3 Å². The lowest BCUT2D eigenvalue weighted by Crippen LogP contribution is -2.55. The van der Waals surface area contributed by atoms with Crippen molar-refractivity contribution < 1.29 is 51.4 Å². The normalized spacial score (nSPS) is 20.0. The zero-order valence-electron chi connectivity index (χ0n) is 37.2. The molecule has 1 aromatic heterocycles. The number of carbonyl (C=O) groups excluding carboxylic acids is 5. The number of rotatable bonds is 11. The SMILES string of the molecule is COc1ccc(-c2cnc(C(=O)Nc3ccc(C(=O)N4CCN(C(=O)N5C[C@@H]6C[N+](CCCNC(=O)OC(C)(C)C)(CC(=O)OC(C)(C)C)C[C@@H]6C5)CC4)c(Cl)c3)n2C)c(F)c1F. The molecule has 3 atom stereocenters. The summed E-state index contributed by atoms with van der Waals surface area (Å²) in [6.45, 7) is 16.1. The van der Waals surface area contributed by atoms with E-state index in [9.17, 15) is 32.8 Å². The van der Waals surface area contributed by atoms with Gasteiger partial charge in [0.05, 0.1) is 49.2 Å². The number of hydrogen-bond donors (Lipinski definition) is 2. The number of hydrogen-bond acceptors (Lipinski definition) is 9. The third-order valence-corrected chi connectivity index (χ3v) is 11.8. The number of ether oxygens (including phenoxy) is 3. The lowest BCUT2D eigenvalue weighted by Gasteiger charge is -2.38. The Morgan fingerprint density at radius 3 is 2.11 bits per heavy atom. The van der Waals surface area contributed by atoms with E-state index >= 15 is 0 Å². The molecule has 16 nitrogen and oxygen atoms in total. The summed E-state index contributed by atoms with van der Waals surface area (Å²) < 4.78 is 47.0. The Morgan fingerprint density at radius 1 is 0.873 bits per heavy atom. The Hall–Kier alpha value is -5.49. The first-order valence-electron chi connectivity index (χ1n) is 21.1. The molecule has 0 radical (unpaired) electrons. The molecule has 0 bridgehead atoms. The van der Waals surface area contributed by atoms with Gasteiger partial charge in [0.15, 0.2) is 23.9 Å². The molecule has 3 aliphatic heterocycles. The van der Waals surface area contributed by atoms with Crippen molar-refractivity contribution in [3.8, 4) is 17.0 Å². The Kier molecular flexibility index (Phi) is 13.9. The van der Waals surface area contributed by atoms with Gasteiger partial charge in [0.1, 0.15) is 11.2 Å². The maximum atomic E-state index is 14.8. The molecule has 3 fully saturated rings. The second kappa shape index (κ2) is 18.7. The summed E-state index contributed by atoms with van der Waals surface area (Å²) in [6, 6.07) is 7.03. The van der Waals surface area contributed by atoms with Crippen molar-refractivity contribution in [3.63, 3.8) is 0 Å². The summed E-state index contributed by atoms with van der Waals surface area (Å²) in [5.74, 6) is -3.46. The maximum absolute atomic E-state index is 14.8. The number of anilines is 1. The minimum Gasteiger partial charge on any atom is -0.494 e. The third-order valence-electron chi connectivity index (χ3n) is 11.5. The van der Waals surface area contributed by atoms with Crippen molar-refractivity contribution in [1.29, 1.82) is 0 Å². The molecule has 0 saturated carbocycles. The first kappa shape index (κ1) is 47.0. The Labute approximate surface area is 371 Å². The fourth-order valence-corrected chi connectivity index (χ4v) is 8.98. The van der Waals surface area contributed by atoms with Crippen molar-refractivity contribution in [2.24, 2.45) is 18.9 Å². The summed E-state index contributed by atoms with van der Waals surface area (Å²) in [7, 11) is 2.72. The highest BCUT2D eigenvalue weighted by Crippen LogP contribution is 2.37. The molecule has 19 heteroatoms. The number of benzene rings is 2. The molecule has 5 amide bonds. The molecule has 4 heterocycles. The van der Waals surface area contributed by atoms with Crippen molar-refractivity contribution >= 4 is 47.2 Å². The summed E-state index contributed by atoms with van der Waals surface area (Å²) >= 11 is 6.57. The van der Waals surface area contributed by atoms with E-state index in [1.807, 2.05) is 46.4 Å². The van der Waals surface area contributed by atoms with Gasteiger partial charge in [0, 0.05) is 82.4 Å². The molecular weight excluding hydrogens is 842 g/mol. The minimum absolute atomic E-state index is 0.0755. The highest BCUT2D eigenvalue weighted by atomic mass is 35.5. The molecule has 0 spiro atoms. The number of amides is 5. The second-order valence-corrected chi connectivity index (χ2v) is 19.0. The number of urea groups is 1. The summed E-state index contributed by atoms with van der Waals surface area (Å²) in [6.07, 6.45) is 1.43. The average molecular weight is 900 g/mol.